The number of nitrogens with zero attached hydrogens (tertiary/aromatic N) is 3. The Balaban J connectivity index is 2.40. The van der Waals surface area contributed by atoms with Crippen LogP contribution >= 0.6 is 0 Å². The third-order valence-corrected chi connectivity index (χ3v) is 3.32. The van der Waals surface area contributed by atoms with Gasteiger partial charge in [0.1, 0.15) is 11.4 Å². The molecule has 0 aliphatic carbocycles. The first kappa shape index (κ1) is 14.1. The molecule has 2 N–H and O–H groups in total. The summed E-state index contributed by atoms with van der Waals surface area (Å²) in [6.45, 7) is 7.98. The first-order chi connectivity index (χ1) is 9.07. The summed E-state index contributed by atoms with van der Waals surface area (Å²) in [7, 11) is 0. The fourth-order valence-electron chi connectivity index (χ4n) is 2.28. The predicted octanol–water partition coefficient (Wildman–Crippen LogP) is 1.62. The zero-order valence-corrected chi connectivity index (χ0v) is 11.8. The minimum Gasteiger partial charge on any atom is -0.381 e. The Bertz CT molecular complexity index is 425. The topological polar surface area (TPSA) is 83.2 Å². The maximum Gasteiger partial charge on any atom is 0.223 e. The van der Waals surface area contributed by atoms with Gasteiger partial charge in [-0.25, -0.2) is 4.98 Å². The standard InChI is InChI=1S/C13H22N4O2/c1-4-19-13(5-7-18-8-6-13)11-15-10(9(2)3)16-12(14)17-11/h9H,4-8H2,1-3H3,(H2,14,15,16,17). The van der Waals surface area contributed by atoms with Crippen LogP contribution in [0.4, 0.5) is 5.95 Å². The first-order valence-electron chi connectivity index (χ1n) is 6.81. The van der Waals surface area contributed by atoms with Gasteiger partial charge in [0.2, 0.25) is 5.95 Å². The van der Waals surface area contributed by atoms with Crippen molar-refractivity contribution in [3.63, 3.8) is 0 Å². The molecule has 0 unspecified atom stereocenters. The van der Waals surface area contributed by atoms with Crippen molar-refractivity contribution in [3.05, 3.63) is 11.6 Å². The lowest BCUT2D eigenvalue weighted by Crippen LogP contribution is -2.39. The average Bonchev–Trinajstić information content (AvgIpc) is 2.39. The first-order valence-corrected chi connectivity index (χ1v) is 6.81. The maximum absolute atomic E-state index is 5.96. The van der Waals surface area contributed by atoms with Gasteiger partial charge in [0, 0.05) is 38.6 Å². The van der Waals surface area contributed by atoms with E-state index >= 15 is 0 Å². The maximum atomic E-state index is 5.96. The number of anilines is 1. The fourth-order valence-corrected chi connectivity index (χ4v) is 2.28. The molecule has 1 aromatic heterocycles. The lowest BCUT2D eigenvalue weighted by atomic mass is 9.93. The number of ether oxygens (including phenoxy) is 2. The molecule has 19 heavy (non-hydrogen) atoms. The molecule has 0 aromatic carbocycles. The Morgan fingerprint density at radius 2 is 1.95 bits per heavy atom. The van der Waals surface area contributed by atoms with Gasteiger partial charge in [0.25, 0.3) is 0 Å². The Morgan fingerprint density at radius 1 is 1.26 bits per heavy atom. The smallest absolute Gasteiger partial charge is 0.223 e. The van der Waals surface area contributed by atoms with E-state index in [9.17, 15) is 0 Å². The molecular weight excluding hydrogens is 244 g/mol. The molecule has 0 amide bonds. The molecule has 6 heteroatoms. The summed E-state index contributed by atoms with van der Waals surface area (Å²) >= 11 is 0. The van der Waals surface area contributed by atoms with E-state index in [1.807, 2.05) is 20.8 Å². The van der Waals surface area contributed by atoms with Crippen LogP contribution in [-0.2, 0) is 15.1 Å². The van der Waals surface area contributed by atoms with Crippen LogP contribution < -0.4 is 5.73 Å². The third kappa shape index (κ3) is 3.01. The van der Waals surface area contributed by atoms with Crippen molar-refractivity contribution in [2.75, 3.05) is 25.6 Å². The van der Waals surface area contributed by atoms with E-state index in [0.29, 0.717) is 31.5 Å². The van der Waals surface area contributed by atoms with Gasteiger partial charge >= 0.3 is 0 Å². The van der Waals surface area contributed by atoms with Crippen molar-refractivity contribution in [2.45, 2.75) is 45.1 Å². The van der Waals surface area contributed by atoms with E-state index in [4.69, 9.17) is 15.2 Å². The number of hydrogen-bond acceptors (Lipinski definition) is 6. The van der Waals surface area contributed by atoms with Crippen LogP contribution in [0.15, 0.2) is 0 Å². The van der Waals surface area contributed by atoms with E-state index in [0.717, 1.165) is 12.8 Å². The quantitative estimate of drug-likeness (QED) is 0.891. The highest BCUT2D eigenvalue weighted by atomic mass is 16.5. The molecule has 6 nitrogen and oxygen atoms in total. The summed E-state index contributed by atoms with van der Waals surface area (Å²) in [5, 5.41) is 0. The highest BCUT2D eigenvalue weighted by Gasteiger charge is 2.38. The molecule has 0 spiro atoms. The lowest BCUT2D eigenvalue weighted by molar-refractivity contribution is -0.118. The Morgan fingerprint density at radius 3 is 2.53 bits per heavy atom. The highest BCUT2D eigenvalue weighted by molar-refractivity contribution is 5.20. The monoisotopic (exact) mass is 266 g/mol. The number of aromatic nitrogens is 3. The molecule has 0 bridgehead atoms. The van der Waals surface area contributed by atoms with Gasteiger partial charge in [0.05, 0.1) is 0 Å². The molecule has 1 saturated heterocycles. The highest BCUT2D eigenvalue weighted by Crippen LogP contribution is 2.34. The number of hydrogen-bond donors (Lipinski definition) is 1. The number of nitrogen functional groups attached to an aromatic ring is 1. The summed E-state index contributed by atoms with van der Waals surface area (Å²) in [5.74, 6) is 1.84. The molecule has 1 fully saturated rings. The molecular formula is C13H22N4O2. The van der Waals surface area contributed by atoms with Gasteiger partial charge in [-0.1, -0.05) is 13.8 Å². The van der Waals surface area contributed by atoms with E-state index < -0.39 is 5.60 Å². The normalized spacial score (nSPS) is 18.7. The molecule has 1 aliphatic rings. The predicted molar refractivity (Wildman–Crippen MR) is 71.7 cm³/mol. The Labute approximate surface area is 113 Å². The fraction of sp³-hybridized carbons (Fsp3) is 0.769. The SMILES string of the molecule is CCOC1(c2nc(N)nc(C(C)C)n2)CCOCC1. The van der Waals surface area contributed by atoms with Gasteiger partial charge in [0.15, 0.2) is 5.82 Å². The number of rotatable bonds is 4. The molecule has 106 valence electrons. The minimum atomic E-state index is -0.478. The van der Waals surface area contributed by atoms with Crippen molar-refractivity contribution in [1.29, 1.82) is 0 Å². The van der Waals surface area contributed by atoms with Crippen molar-refractivity contribution in [1.82, 2.24) is 15.0 Å². The summed E-state index contributed by atoms with van der Waals surface area (Å²) in [6.07, 6.45) is 1.50. The molecule has 2 rings (SSSR count). The lowest BCUT2D eigenvalue weighted by Gasteiger charge is -2.35. The van der Waals surface area contributed by atoms with E-state index in [1.54, 1.807) is 0 Å². The van der Waals surface area contributed by atoms with Gasteiger partial charge in [-0.3, -0.25) is 0 Å². The van der Waals surface area contributed by atoms with Crippen LogP contribution in [0.2, 0.25) is 0 Å². The van der Waals surface area contributed by atoms with Crippen LogP contribution in [0.25, 0.3) is 0 Å². The van der Waals surface area contributed by atoms with Crippen molar-refractivity contribution >= 4 is 5.95 Å². The van der Waals surface area contributed by atoms with Gasteiger partial charge in [-0.05, 0) is 6.92 Å². The molecule has 1 aliphatic heterocycles. The average molecular weight is 266 g/mol. The molecule has 1 aromatic rings. The Kier molecular flexibility index (Phi) is 4.31. The van der Waals surface area contributed by atoms with Crippen LogP contribution in [0.1, 0.15) is 51.2 Å². The zero-order valence-electron chi connectivity index (χ0n) is 11.8. The number of nitrogens with two attached hydrogens (primary N) is 1. The molecule has 0 atom stereocenters. The zero-order chi connectivity index (χ0) is 13.9. The van der Waals surface area contributed by atoms with Crippen LogP contribution in [-0.4, -0.2) is 34.8 Å². The summed E-state index contributed by atoms with van der Waals surface area (Å²) < 4.78 is 11.4. The van der Waals surface area contributed by atoms with Crippen molar-refractivity contribution < 1.29 is 9.47 Å². The second-order valence-electron chi connectivity index (χ2n) is 5.07. The second-order valence-corrected chi connectivity index (χ2v) is 5.07. The summed E-state index contributed by atoms with van der Waals surface area (Å²) in [6, 6.07) is 0. The van der Waals surface area contributed by atoms with Crippen LogP contribution in [0.5, 0.6) is 0 Å². The second kappa shape index (κ2) is 5.79. The molecule has 0 saturated carbocycles. The van der Waals surface area contributed by atoms with Gasteiger partial charge in [-0.2, -0.15) is 9.97 Å². The summed E-state index contributed by atoms with van der Waals surface area (Å²) in [4.78, 5) is 13.1. The minimum absolute atomic E-state index is 0.211. The van der Waals surface area contributed by atoms with Crippen LogP contribution in [0.3, 0.4) is 0 Å². The van der Waals surface area contributed by atoms with Crippen molar-refractivity contribution in [2.24, 2.45) is 0 Å². The molecule has 0 radical (unpaired) electrons. The largest absolute Gasteiger partial charge is 0.381 e. The third-order valence-electron chi connectivity index (χ3n) is 3.32. The van der Waals surface area contributed by atoms with Crippen LogP contribution in [0, 0.1) is 0 Å². The van der Waals surface area contributed by atoms with Gasteiger partial charge in [-0.15, -0.1) is 0 Å². The van der Waals surface area contributed by atoms with E-state index in [1.165, 1.54) is 0 Å². The molecule has 2 heterocycles. The Hall–Kier alpha value is -1.27. The van der Waals surface area contributed by atoms with Gasteiger partial charge < -0.3 is 15.2 Å². The van der Waals surface area contributed by atoms with E-state index in [2.05, 4.69) is 15.0 Å². The summed E-state index contributed by atoms with van der Waals surface area (Å²) in [5.41, 5.74) is 5.33. The van der Waals surface area contributed by atoms with Crippen molar-refractivity contribution in [3.8, 4) is 0 Å². The van der Waals surface area contributed by atoms with E-state index in [-0.39, 0.29) is 11.9 Å².